The molecule has 0 radical (unpaired) electrons. The third kappa shape index (κ3) is 2.60. The number of hydrogen-bond donors (Lipinski definition) is 1. The molecule has 106 valence electrons. The molecule has 5 atom stereocenters. The number of nitrogens with two attached hydrogens (primary N) is 1. The highest BCUT2D eigenvalue weighted by Crippen LogP contribution is 2.42. The van der Waals surface area contributed by atoms with Crippen molar-refractivity contribution in [3.63, 3.8) is 0 Å². The normalized spacial score (nSPS) is 47.2. The van der Waals surface area contributed by atoms with Gasteiger partial charge in [0.15, 0.2) is 0 Å². The van der Waals surface area contributed by atoms with Crippen molar-refractivity contribution < 1.29 is 0 Å². The first-order valence-electron chi connectivity index (χ1n) is 7.95. The van der Waals surface area contributed by atoms with Crippen LogP contribution in [0.25, 0.3) is 0 Å². The topological polar surface area (TPSA) is 29.3 Å². The van der Waals surface area contributed by atoms with E-state index in [2.05, 4.69) is 32.6 Å². The van der Waals surface area contributed by atoms with E-state index >= 15 is 0 Å². The maximum Gasteiger partial charge on any atom is 0.0337 e. The average molecular weight is 252 g/mol. The second-order valence-corrected chi connectivity index (χ2v) is 7.31. The minimum absolute atomic E-state index is 0.306. The van der Waals surface area contributed by atoms with Crippen molar-refractivity contribution in [1.82, 2.24) is 4.90 Å². The van der Waals surface area contributed by atoms with Crippen LogP contribution >= 0.6 is 0 Å². The van der Waals surface area contributed by atoms with Crippen molar-refractivity contribution >= 4 is 0 Å². The highest BCUT2D eigenvalue weighted by molar-refractivity contribution is 5.00. The molecule has 0 bridgehead atoms. The smallest absolute Gasteiger partial charge is 0.0337 e. The van der Waals surface area contributed by atoms with E-state index in [1.165, 1.54) is 38.6 Å². The zero-order chi connectivity index (χ0) is 13.3. The number of rotatable bonds is 2. The third-order valence-corrected chi connectivity index (χ3v) is 5.85. The molecule has 0 amide bonds. The molecule has 1 aliphatic carbocycles. The van der Waals surface area contributed by atoms with Crippen LogP contribution in [0.15, 0.2) is 0 Å². The Morgan fingerprint density at radius 3 is 2.39 bits per heavy atom. The minimum Gasteiger partial charge on any atom is -0.329 e. The monoisotopic (exact) mass is 252 g/mol. The summed E-state index contributed by atoms with van der Waals surface area (Å²) in [5.41, 5.74) is 6.55. The Kier molecular flexibility index (Phi) is 4.38. The lowest BCUT2D eigenvalue weighted by Gasteiger charge is -2.54. The van der Waals surface area contributed by atoms with Gasteiger partial charge in [-0.15, -0.1) is 0 Å². The first-order valence-corrected chi connectivity index (χ1v) is 7.95. The molecule has 2 N–H and O–H groups in total. The molecule has 0 aromatic heterocycles. The fourth-order valence-corrected chi connectivity index (χ4v) is 4.20. The second-order valence-electron chi connectivity index (χ2n) is 7.31. The van der Waals surface area contributed by atoms with Gasteiger partial charge in [0.05, 0.1) is 0 Å². The highest BCUT2D eigenvalue weighted by Gasteiger charge is 2.44. The summed E-state index contributed by atoms with van der Waals surface area (Å²) in [6, 6.07) is 0.727. The van der Waals surface area contributed by atoms with Crippen LogP contribution in [0.1, 0.15) is 59.8 Å². The van der Waals surface area contributed by atoms with Crippen LogP contribution in [0.2, 0.25) is 0 Å². The molecule has 1 heterocycles. The van der Waals surface area contributed by atoms with E-state index in [0.717, 1.165) is 30.3 Å². The van der Waals surface area contributed by atoms with E-state index in [4.69, 9.17) is 5.73 Å². The predicted octanol–water partition coefficient (Wildman–Crippen LogP) is 3.26. The molecule has 1 saturated carbocycles. The lowest BCUT2D eigenvalue weighted by atomic mass is 9.69. The fraction of sp³-hybridized carbons (Fsp3) is 1.00. The van der Waals surface area contributed by atoms with Gasteiger partial charge in [0.1, 0.15) is 0 Å². The quantitative estimate of drug-likeness (QED) is 0.817. The van der Waals surface area contributed by atoms with E-state index in [-0.39, 0.29) is 0 Å². The summed E-state index contributed by atoms with van der Waals surface area (Å²) in [6.07, 6.45) is 6.72. The summed E-state index contributed by atoms with van der Waals surface area (Å²) >= 11 is 0. The number of hydrogen-bond acceptors (Lipinski definition) is 2. The Hall–Kier alpha value is -0.0800. The SMILES string of the molecule is CC1CCC(C)N(C2(CN)CCC(C)C(C)C2)C1. The molecule has 0 aromatic carbocycles. The lowest BCUT2D eigenvalue weighted by molar-refractivity contribution is -0.0337. The van der Waals surface area contributed by atoms with Crippen molar-refractivity contribution in [3.05, 3.63) is 0 Å². The first-order chi connectivity index (χ1) is 8.48. The average Bonchev–Trinajstić information content (AvgIpc) is 2.36. The highest BCUT2D eigenvalue weighted by atomic mass is 15.2. The molecule has 2 aliphatic rings. The molecular formula is C16H32N2. The first kappa shape index (κ1) is 14.3. The zero-order valence-electron chi connectivity index (χ0n) is 12.8. The van der Waals surface area contributed by atoms with Gasteiger partial charge in [-0.2, -0.15) is 0 Å². The van der Waals surface area contributed by atoms with Gasteiger partial charge >= 0.3 is 0 Å². The second kappa shape index (κ2) is 5.50. The van der Waals surface area contributed by atoms with E-state index < -0.39 is 0 Å². The Balaban J connectivity index is 2.15. The van der Waals surface area contributed by atoms with Gasteiger partial charge in [-0.05, 0) is 56.8 Å². The van der Waals surface area contributed by atoms with Gasteiger partial charge in [-0.3, -0.25) is 4.90 Å². The van der Waals surface area contributed by atoms with Crippen molar-refractivity contribution in [2.45, 2.75) is 71.4 Å². The Labute approximate surface area is 113 Å². The van der Waals surface area contributed by atoms with E-state index in [0.29, 0.717) is 5.54 Å². The maximum absolute atomic E-state index is 6.24. The number of likely N-dealkylation sites (tertiary alicyclic amines) is 1. The van der Waals surface area contributed by atoms with Crippen LogP contribution in [-0.2, 0) is 0 Å². The maximum atomic E-state index is 6.24. The Bertz CT molecular complexity index is 278. The third-order valence-electron chi connectivity index (χ3n) is 5.85. The van der Waals surface area contributed by atoms with Crippen LogP contribution in [-0.4, -0.2) is 29.6 Å². The summed E-state index contributed by atoms with van der Waals surface area (Å²) in [5, 5.41) is 0. The Morgan fingerprint density at radius 2 is 1.78 bits per heavy atom. The molecule has 0 aromatic rings. The van der Waals surface area contributed by atoms with Gasteiger partial charge in [-0.25, -0.2) is 0 Å². The lowest BCUT2D eigenvalue weighted by Crippen LogP contribution is -2.62. The molecule has 1 saturated heterocycles. The summed E-state index contributed by atoms with van der Waals surface area (Å²) < 4.78 is 0. The summed E-state index contributed by atoms with van der Waals surface area (Å²) in [5.74, 6) is 2.55. The predicted molar refractivity (Wildman–Crippen MR) is 78.5 cm³/mol. The van der Waals surface area contributed by atoms with E-state index in [1.54, 1.807) is 0 Å². The molecular weight excluding hydrogens is 220 g/mol. The van der Waals surface area contributed by atoms with Crippen molar-refractivity contribution in [1.29, 1.82) is 0 Å². The van der Waals surface area contributed by atoms with E-state index in [1.807, 2.05) is 0 Å². The summed E-state index contributed by atoms with van der Waals surface area (Å²) in [4.78, 5) is 2.78. The van der Waals surface area contributed by atoms with Crippen molar-refractivity contribution in [2.75, 3.05) is 13.1 Å². The van der Waals surface area contributed by atoms with Crippen molar-refractivity contribution in [3.8, 4) is 0 Å². The summed E-state index contributed by atoms with van der Waals surface area (Å²) in [7, 11) is 0. The molecule has 2 rings (SSSR count). The van der Waals surface area contributed by atoms with Crippen LogP contribution < -0.4 is 5.73 Å². The molecule has 0 spiro atoms. The van der Waals surface area contributed by atoms with Gasteiger partial charge in [0, 0.05) is 24.7 Å². The minimum atomic E-state index is 0.306. The largest absolute Gasteiger partial charge is 0.329 e. The molecule has 2 nitrogen and oxygen atoms in total. The van der Waals surface area contributed by atoms with Crippen molar-refractivity contribution in [2.24, 2.45) is 23.5 Å². The van der Waals surface area contributed by atoms with Crippen LogP contribution in [0, 0.1) is 17.8 Å². The fourth-order valence-electron chi connectivity index (χ4n) is 4.20. The molecule has 2 heteroatoms. The standard InChI is InChI=1S/C16H32N2/c1-12-5-6-15(4)18(10-12)16(11-17)8-7-13(2)14(3)9-16/h12-15H,5-11,17H2,1-4H3. The van der Waals surface area contributed by atoms with Crippen LogP contribution in [0.4, 0.5) is 0 Å². The number of piperidine rings is 1. The number of nitrogens with zero attached hydrogens (tertiary/aromatic N) is 1. The van der Waals surface area contributed by atoms with Gasteiger partial charge in [0.25, 0.3) is 0 Å². The molecule has 2 fully saturated rings. The van der Waals surface area contributed by atoms with Crippen LogP contribution in [0.3, 0.4) is 0 Å². The molecule has 5 unspecified atom stereocenters. The summed E-state index contributed by atoms with van der Waals surface area (Å²) in [6.45, 7) is 11.8. The molecule has 18 heavy (non-hydrogen) atoms. The van der Waals surface area contributed by atoms with Gasteiger partial charge in [-0.1, -0.05) is 20.8 Å². The zero-order valence-corrected chi connectivity index (χ0v) is 12.8. The van der Waals surface area contributed by atoms with Crippen LogP contribution in [0.5, 0.6) is 0 Å². The van der Waals surface area contributed by atoms with Gasteiger partial charge < -0.3 is 5.73 Å². The van der Waals surface area contributed by atoms with Gasteiger partial charge in [0.2, 0.25) is 0 Å². The Morgan fingerprint density at radius 1 is 1.06 bits per heavy atom. The van der Waals surface area contributed by atoms with E-state index in [9.17, 15) is 0 Å². The molecule has 1 aliphatic heterocycles.